The van der Waals surface area contributed by atoms with Gasteiger partial charge in [-0.1, -0.05) is 33.6 Å². The molecular weight excluding hydrogens is 348 g/mol. The third-order valence-electron chi connectivity index (χ3n) is 4.54. The van der Waals surface area contributed by atoms with Gasteiger partial charge in [0.1, 0.15) is 6.04 Å². The summed E-state index contributed by atoms with van der Waals surface area (Å²) in [6.45, 7) is 7.57. The first kappa shape index (κ1) is 25.5. The summed E-state index contributed by atoms with van der Waals surface area (Å²) in [4.78, 5) is 37.5. The van der Waals surface area contributed by atoms with Crippen LogP contribution in [-0.4, -0.2) is 54.0 Å². The van der Waals surface area contributed by atoms with Crippen molar-refractivity contribution in [3.05, 3.63) is 0 Å². The van der Waals surface area contributed by atoms with Gasteiger partial charge in [-0.3, -0.25) is 14.4 Å². The van der Waals surface area contributed by atoms with E-state index in [0.29, 0.717) is 25.8 Å². The molecule has 2 amide bonds. The van der Waals surface area contributed by atoms with E-state index in [1.165, 1.54) is 6.92 Å². The molecular formula is C19H38N4O4. The second-order valence-electron chi connectivity index (χ2n) is 7.34. The SMILES string of the molecule is CCCCC(CCN)C(=O)N[C@H](C(=O)N[C@@H](CCN)C(=O)C(C)C)C(C)O. The Morgan fingerprint density at radius 1 is 0.926 bits per heavy atom. The van der Waals surface area contributed by atoms with Gasteiger partial charge in [-0.05, 0) is 39.3 Å². The van der Waals surface area contributed by atoms with Crippen LogP contribution in [0.15, 0.2) is 0 Å². The van der Waals surface area contributed by atoms with E-state index in [-0.39, 0.29) is 30.1 Å². The second kappa shape index (κ2) is 13.6. The molecule has 0 aliphatic rings. The number of ketones is 1. The third kappa shape index (κ3) is 9.30. The number of aliphatic hydroxyl groups excluding tert-OH is 1. The molecule has 0 spiro atoms. The minimum atomic E-state index is -1.14. The van der Waals surface area contributed by atoms with Crippen molar-refractivity contribution in [1.29, 1.82) is 0 Å². The van der Waals surface area contributed by atoms with Crippen LogP contribution in [0.4, 0.5) is 0 Å². The minimum absolute atomic E-state index is 0.131. The predicted molar refractivity (Wildman–Crippen MR) is 106 cm³/mol. The number of Topliss-reactive ketones (excluding diaryl/α,β-unsaturated/α-hetero) is 1. The molecule has 2 unspecified atom stereocenters. The van der Waals surface area contributed by atoms with Gasteiger partial charge in [-0.25, -0.2) is 0 Å². The highest BCUT2D eigenvalue weighted by Crippen LogP contribution is 2.13. The molecule has 0 radical (unpaired) electrons. The average Bonchev–Trinajstić information content (AvgIpc) is 2.61. The molecule has 0 aromatic rings. The summed E-state index contributed by atoms with van der Waals surface area (Å²) in [6, 6.07) is -1.87. The molecule has 0 fully saturated rings. The summed E-state index contributed by atoms with van der Waals surface area (Å²) in [5.74, 6) is -1.59. The molecule has 0 saturated heterocycles. The minimum Gasteiger partial charge on any atom is -0.391 e. The van der Waals surface area contributed by atoms with E-state index in [9.17, 15) is 19.5 Å². The van der Waals surface area contributed by atoms with Crippen LogP contribution in [0, 0.1) is 11.8 Å². The summed E-state index contributed by atoms with van der Waals surface area (Å²) in [6.07, 6.45) is 2.22. The number of nitrogens with two attached hydrogens (primary N) is 2. The Morgan fingerprint density at radius 3 is 1.96 bits per heavy atom. The van der Waals surface area contributed by atoms with Crippen molar-refractivity contribution in [2.45, 2.75) is 78.0 Å². The lowest BCUT2D eigenvalue weighted by Gasteiger charge is -2.26. The van der Waals surface area contributed by atoms with Crippen LogP contribution in [0.2, 0.25) is 0 Å². The Kier molecular flexibility index (Phi) is 12.9. The highest BCUT2D eigenvalue weighted by atomic mass is 16.3. The van der Waals surface area contributed by atoms with Crippen LogP contribution >= 0.6 is 0 Å². The number of hydrogen-bond acceptors (Lipinski definition) is 6. The van der Waals surface area contributed by atoms with Crippen molar-refractivity contribution in [1.82, 2.24) is 10.6 Å². The Hall–Kier alpha value is -1.51. The number of nitrogens with one attached hydrogen (secondary N) is 2. The Morgan fingerprint density at radius 2 is 1.52 bits per heavy atom. The molecule has 0 bridgehead atoms. The van der Waals surface area contributed by atoms with Crippen molar-refractivity contribution >= 4 is 17.6 Å². The molecule has 27 heavy (non-hydrogen) atoms. The molecule has 0 aromatic carbocycles. The fourth-order valence-corrected chi connectivity index (χ4v) is 2.85. The predicted octanol–water partition coefficient (Wildman–Crippen LogP) is 0.0659. The fourth-order valence-electron chi connectivity index (χ4n) is 2.85. The normalized spacial score (nSPS) is 15.7. The van der Waals surface area contributed by atoms with E-state index in [0.717, 1.165) is 12.8 Å². The standard InChI is InChI=1S/C19H38N4O4/c1-5-6-7-14(8-10-20)18(26)23-16(13(4)24)19(27)22-15(9-11-21)17(25)12(2)3/h12-16,24H,5-11,20-21H2,1-4H3,(H,22,27)(H,23,26)/t13?,14?,15-,16-/m0/s1. The molecule has 0 saturated carbocycles. The molecule has 8 nitrogen and oxygen atoms in total. The third-order valence-corrected chi connectivity index (χ3v) is 4.54. The average molecular weight is 387 g/mol. The van der Waals surface area contributed by atoms with Crippen molar-refractivity contribution in [2.75, 3.05) is 13.1 Å². The molecule has 0 aliphatic heterocycles. The highest BCUT2D eigenvalue weighted by Gasteiger charge is 2.31. The van der Waals surface area contributed by atoms with Gasteiger partial charge in [0, 0.05) is 11.8 Å². The molecule has 7 N–H and O–H groups in total. The van der Waals surface area contributed by atoms with Gasteiger partial charge < -0.3 is 27.2 Å². The number of amides is 2. The zero-order valence-corrected chi connectivity index (χ0v) is 17.2. The lowest BCUT2D eigenvalue weighted by atomic mass is 9.96. The summed E-state index contributed by atoms with van der Waals surface area (Å²) in [7, 11) is 0. The second-order valence-corrected chi connectivity index (χ2v) is 7.34. The molecule has 0 heterocycles. The maximum absolute atomic E-state index is 12.6. The summed E-state index contributed by atoms with van der Waals surface area (Å²) >= 11 is 0. The maximum atomic E-state index is 12.6. The van der Waals surface area contributed by atoms with Crippen molar-refractivity contribution < 1.29 is 19.5 Å². The molecule has 0 aromatic heterocycles. The molecule has 158 valence electrons. The van der Waals surface area contributed by atoms with Gasteiger partial charge in [0.05, 0.1) is 12.1 Å². The number of carbonyl (C=O) groups excluding carboxylic acids is 3. The Labute approximate surface area is 162 Å². The van der Waals surface area contributed by atoms with E-state index < -0.39 is 24.1 Å². The zero-order valence-electron chi connectivity index (χ0n) is 17.2. The van der Waals surface area contributed by atoms with Gasteiger partial charge in [0.15, 0.2) is 5.78 Å². The fraction of sp³-hybridized carbons (Fsp3) is 0.842. The topological polar surface area (TPSA) is 148 Å². The van der Waals surface area contributed by atoms with E-state index >= 15 is 0 Å². The lowest BCUT2D eigenvalue weighted by molar-refractivity contribution is -0.135. The summed E-state index contributed by atoms with van der Waals surface area (Å²) in [5.41, 5.74) is 11.1. The number of rotatable bonds is 14. The van der Waals surface area contributed by atoms with Crippen LogP contribution in [-0.2, 0) is 14.4 Å². The highest BCUT2D eigenvalue weighted by molar-refractivity contribution is 5.94. The van der Waals surface area contributed by atoms with E-state index in [1.807, 2.05) is 6.92 Å². The largest absolute Gasteiger partial charge is 0.391 e. The first-order valence-corrected chi connectivity index (χ1v) is 9.92. The quantitative estimate of drug-likeness (QED) is 0.285. The van der Waals surface area contributed by atoms with Gasteiger partial charge in [0.25, 0.3) is 0 Å². The summed E-state index contributed by atoms with van der Waals surface area (Å²) < 4.78 is 0. The van der Waals surface area contributed by atoms with E-state index in [4.69, 9.17) is 11.5 Å². The first-order valence-electron chi connectivity index (χ1n) is 9.92. The Bertz CT molecular complexity index is 469. The van der Waals surface area contributed by atoms with Gasteiger partial charge in [0.2, 0.25) is 11.8 Å². The number of unbranched alkanes of at least 4 members (excludes halogenated alkanes) is 1. The lowest BCUT2D eigenvalue weighted by Crippen LogP contribution is -2.57. The van der Waals surface area contributed by atoms with E-state index in [1.54, 1.807) is 13.8 Å². The smallest absolute Gasteiger partial charge is 0.245 e. The molecule has 8 heteroatoms. The number of aliphatic hydroxyl groups is 1. The summed E-state index contributed by atoms with van der Waals surface area (Å²) in [5, 5.41) is 15.3. The van der Waals surface area contributed by atoms with E-state index in [2.05, 4.69) is 10.6 Å². The van der Waals surface area contributed by atoms with Crippen LogP contribution in [0.1, 0.15) is 59.8 Å². The van der Waals surface area contributed by atoms with Crippen LogP contribution in [0.25, 0.3) is 0 Å². The van der Waals surface area contributed by atoms with Gasteiger partial charge in [-0.2, -0.15) is 0 Å². The van der Waals surface area contributed by atoms with Crippen LogP contribution in [0.5, 0.6) is 0 Å². The van der Waals surface area contributed by atoms with Crippen molar-refractivity contribution in [3.8, 4) is 0 Å². The maximum Gasteiger partial charge on any atom is 0.245 e. The number of hydrogen-bond donors (Lipinski definition) is 5. The number of carbonyl (C=O) groups is 3. The molecule has 0 aliphatic carbocycles. The van der Waals surface area contributed by atoms with Gasteiger partial charge in [-0.15, -0.1) is 0 Å². The van der Waals surface area contributed by atoms with Crippen molar-refractivity contribution in [3.63, 3.8) is 0 Å². The molecule has 4 atom stereocenters. The first-order chi connectivity index (χ1) is 12.7. The monoisotopic (exact) mass is 386 g/mol. The molecule has 0 rings (SSSR count). The van der Waals surface area contributed by atoms with Crippen molar-refractivity contribution in [2.24, 2.45) is 23.3 Å². The van der Waals surface area contributed by atoms with Crippen LogP contribution in [0.3, 0.4) is 0 Å². The Balaban J connectivity index is 5.14. The van der Waals surface area contributed by atoms with Crippen LogP contribution < -0.4 is 22.1 Å². The van der Waals surface area contributed by atoms with Gasteiger partial charge >= 0.3 is 0 Å². The zero-order chi connectivity index (χ0) is 21.0.